The zero-order valence-electron chi connectivity index (χ0n) is 14.2. The van der Waals surface area contributed by atoms with Crippen molar-refractivity contribution >= 4 is 48.9 Å². The van der Waals surface area contributed by atoms with Gasteiger partial charge in [0.15, 0.2) is 0 Å². The van der Waals surface area contributed by atoms with Gasteiger partial charge in [0.05, 0.1) is 12.4 Å². The Bertz CT molecular complexity index is 656. The van der Waals surface area contributed by atoms with Crippen LogP contribution in [0.2, 0.25) is 0 Å². The summed E-state index contributed by atoms with van der Waals surface area (Å²) in [6.45, 7) is -0.589. The van der Waals surface area contributed by atoms with E-state index in [0.29, 0.717) is 5.69 Å². The van der Waals surface area contributed by atoms with Crippen molar-refractivity contribution in [2.45, 2.75) is 24.5 Å². The average molecular weight is 419 g/mol. The largest absolute Gasteiger partial charge is 0.480 e. The molecule has 1 heterocycles. The minimum absolute atomic E-state index is 0.0373. The number of nitrogens with one attached hydrogen (secondary N) is 4. The number of carbonyl (C=O) groups excluding carboxylic acids is 3. The summed E-state index contributed by atoms with van der Waals surface area (Å²) in [5.41, 5.74) is 6.47. The van der Waals surface area contributed by atoms with Gasteiger partial charge in [-0.05, 0) is 0 Å². The average Bonchev–Trinajstić information content (AvgIpc) is 3.14. The van der Waals surface area contributed by atoms with Crippen LogP contribution >= 0.6 is 25.3 Å². The number of nitrogens with zero attached hydrogens (tertiary/aromatic N) is 1. The standard InChI is InChI=1S/C14H22N6O5S2/c15-8(1-7-2-16-6-18-7)12(23)19-10(5-27)14(25)20-9(4-26)13(24)17-3-11(21)22/h2,6,8-10,26-27H,1,3-5,15H2,(H,16,18)(H,17,24)(H,19,23)(H,20,25)(H,21,22). The summed E-state index contributed by atoms with van der Waals surface area (Å²) in [4.78, 5) is 53.5. The number of aliphatic carboxylic acids is 1. The number of nitrogens with two attached hydrogens (primary N) is 1. The normalized spacial score (nSPS) is 13.9. The molecule has 150 valence electrons. The van der Waals surface area contributed by atoms with E-state index in [9.17, 15) is 19.2 Å². The molecule has 7 N–H and O–H groups in total. The van der Waals surface area contributed by atoms with Crippen molar-refractivity contribution in [3.8, 4) is 0 Å². The fourth-order valence-corrected chi connectivity index (χ4v) is 2.47. The van der Waals surface area contributed by atoms with Crippen molar-refractivity contribution in [2.24, 2.45) is 5.73 Å². The van der Waals surface area contributed by atoms with Crippen molar-refractivity contribution < 1.29 is 24.3 Å². The van der Waals surface area contributed by atoms with Gasteiger partial charge in [0.2, 0.25) is 17.7 Å². The van der Waals surface area contributed by atoms with Crippen LogP contribution < -0.4 is 21.7 Å². The molecule has 3 atom stereocenters. The summed E-state index contributed by atoms with van der Waals surface area (Å²) in [5, 5.41) is 15.6. The predicted molar refractivity (Wildman–Crippen MR) is 102 cm³/mol. The van der Waals surface area contributed by atoms with E-state index in [0.717, 1.165) is 0 Å². The number of carbonyl (C=O) groups is 4. The number of amides is 3. The van der Waals surface area contributed by atoms with Gasteiger partial charge < -0.3 is 31.8 Å². The number of carboxylic acid groups (broad SMARTS) is 1. The van der Waals surface area contributed by atoms with Crippen molar-refractivity contribution in [2.75, 3.05) is 18.1 Å². The molecule has 0 bridgehead atoms. The van der Waals surface area contributed by atoms with Crippen LogP contribution in [0.4, 0.5) is 0 Å². The number of aromatic nitrogens is 2. The molecule has 0 aliphatic rings. The van der Waals surface area contributed by atoms with E-state index in [-0.39, 0.29) is 17.9 Å². The van der Waals surface area contributed by atoms with Crippen LogP contribution in [0.15, 0.2) is 12.5 Å². The number of rotatable bonds is 11. The van der Waals surface area contributed by atoms with Crippen LogP contribution in [0, 0.1) is 0 Å². The van der Waals surface area contributed by atoms with Gasteiger partial charge in [0.1, 0.15) is 18.6 Å². The minimum atomic E-state index is -1.22. The van der Waals surface area contributed by atoms with Gasteiger partial charge in [-0.25, -0.2) is 4.98 Å². The Balaban J connectivity index is 2.59. The molecule has 0 spiro atoms. The van der Waals surface area contributed by atoms with E-state index >= 15 is 0 Å². The maximum absolute atomic E-state index is 12.3. The monoisotopic (exact) mass is 418 g/mol. The van der Waals surface area contributed by atoms with Gasteiger partial charge in [0, 0.05) is 29.8 Å². The van der Waals surface area contributed by atoms with Gasteiger partial charge in [-0.3, -0.25) is 19.2 Å². The molecule has 0 aromatic carbocycles. The first-order valence-electron chi connectivity index (χ1n) is 7.83. The Morgan fingerprint density at radius 3 is 2.22 bits per heavy atom. The molecule has 0 fully saturated rings. The van der Waals surface area contributed by atoms with E-state index in [1.807, 2.05) is 0 Å². The van der Waals surface area contributed by atoms with Crippen LogP contribution in [0.3, 0.4) is 0 Å². The van der Waals surface area contributed by atoms with Crippen molar-refractivity contribution in [1.29, 1.82) is 0 Å². The number of hydrogen-bond acceptors (Lipinski definition) is 8. The topological polar surface area (TPSA) is 179 Å². The molecule has 0 aliphatic carbocycles. The number of aromatic amines is 1. The number of imidazole rings is 1. The summed E-state index contributed by atoms with van der Waals surface area (Å²) >= 11 is 7.99. The molecular weight excluding hydrogens is 396 g/mol. The van der Waals surface area contributed by atoms with E-state index in [1.165, 1.54) is 12.5 Å². The highest BCUT2D eigenvalue weighted by Gasteiger charge is 2.27. The summed E-state index contributed by atoms with van der Waals surface area (Å²) in [5.74, 6) is -3.28. The van der Waals surface area contributed by atoms with Gasteiger partial charge in [-0.1, -0.05) is 0 Å². The molecule has 0 saturated heterocycles. The second-order valence-corrected chi connectivity index (χ2v) is 6.22. The molecule has 3 amide bonds. The van der Waals surface area contributed by atoms with Gasteiger partial charge in [-0.2, -0.15) is 25.3 Å². The molecule has 0 radical (unpaired) electrons. The fourth-order valence-electron chi connectivity index (χ4n) is 1.95. The third-order valence-corrected chi connectivity index (χ3v) is 4.11. The molecular formula is C14H22N6O5S2. The van der Waals surface area contributed by atoms with Crippen LogP contribution in [0.1, 0.15) is 5.69 Å². The van der Waals surface area contributed by atoms with Crippen molar-refractivity contribution in [3.63, 3.8) is 0 Å². The third-order valence-electron chi connectivity index (χ3n) is 3.38. The Labute approximate surface area is 166 Å². The summed E-state index contributed by atoms with van der Waals surface area (Å²) in [7, 11) is 0. The summed E-state index contributed by atoms with van der Waals surface area (Å²) in [6.07, 6.45) is 3.18. The molecule has 1 rings (SSSR count). The Kier molecular flexibility index (Phi) is 9.67. The van der Waals surface area contributed by atoms with E-state index in [4.69, 9.17) is 10.8 Å². The number of carboxylic acids is 1. The predicted octanol–water partition coefficient (Wildman–Crippen LogP) is -2.69. The molecule has 1 aromatic heterocycles. The van der Waals surface area contributed by atoms with E-state index in [1.54, 1.807) is 0 Å². The lowest BCUT2D eigenvalue weighted by Crippen LogP contribution is -2.57. The lowest BCUT2D eigenvalue weighted by Gasteiger charge is -2.22. The highest BCUT2D eigenvalue weighted by atomic mass is 32.1. The SMILES string of the molecule is NC(Cc1cnc[nH]1)C(=O)NC(CS)C(=O)NC(CS)C(=O)NCC(=O)O. The Morgan fingerprint density at radius 1 is 1.11 bits per heavy atom. The maximum Gasteiger partial charge on any atom is 0.322 e. The summed E-state index contributed by atoms with van der Waals surface area (Å²) in [6, 6.07) is -3.03. The second-order valence-electron chi connectivity index (χ2n) is 5.49. The molecule has 27 heavy (non-hydrogen) atoms. The van der Waals surface area contributed by atoms with Gasteiger partial charge in [-0.15, -0.1) is 0 Å². The van der Waals surface area contributed by atoms with Gasteiger partial charge in [0.25, 0.3) is 0 Å². The minimum Gasteiger partial charge on any atom is -0.480 e. The van der Waals surface area contributed by atoms with Crippen LogP contribution in [0.25, 0.3) is 0 Å². The highest BCUT2D eigenvalue weighted by molar-refractivity contribution is 7.80. The van der Waals surface area contributed by atoms with Crippen LogP contribution in [-0.2, 0) is 25.6 Å². The number of H-pyrrole nitrogens is 1. The number of hydrogen-bond donors (Lipinski definition) is 8. The first-order chi connectivity index (χ1) is 12.8. The second kappa shape index (κ2) is 11.5. The van der Waals surface area contributed by atoms with Crippen LogP contribution in [-0.4, -0.2) is 74.9 Å². The van der Waals surface area contributed by atoms with Gasteiger partial charge >= 0.3 is 5.97 Å². The lowest BCUT2D eigenvalue weighted by molar-refractivity contribution is -0.138. The first kappa shape index (κ1) is 22.8. The lowest BCUT2D eigenvalue weighted by atomic mass is 10.1. The zero-order valence-corrected chi connectivity index (χ0v) is 16.0. The number of thiol groups is 2. The first-order valence-corrected chi connectivity index (χ1v) is 9.09. The quantitative estimate of drug-likeness (QED) is 0.180. The Hall–Kier alpha value is -2.25. The fraction of sp³-hybridized carbons (Fsp3) is 0.500. The molecule has 11 nitrogen and oxygen atoms in total. The van der Waals surface area contributed by atoms with E-state index in [2.05, 4.69) is 51.2 Å². The highest BCUT2D eigenvalue weighted by Crippen LogP contribution is 1.99. The summed E-state index contributed by atoms with van der Waals surface area (Å²) < 4.78 is 0. The molecule has 0 aliphatic heterocycles. The van der Waals surface area contributed by atoms with E-state index < -0.39 is 48.4 Å². The molecule has 13 heteroatoms. The smallest absolute Gasteiger partial charge is 0.322 e. The maximum atomic E-state index is 12.3. The molecule has 3 unspecified atom stereocenters. The van der Waals surface area contributed by atoms with Crippen LogP contribution in [0.5, 0.6) is 0 Å². The van der Waals surface area contributed by atoms with Crippen molar-refractivity contribution in [1.82, 2.24) is 25.9 Å². The third kappa shape index (κ3) is 7.88. The zero-order chi connectivity index (χ0) is 20.4. The molecule has 0 saturated carbocycles. The van der Waals surface area contributed by atoms with Crippen molar-refractivity contribution in [3.05, 3.63) is 18.2 Å². The molecule has 1 aromatic rings. The Morgan fingerprint density at radius 2 is 1.70 bits per heavy atom.